The molecule has 0 aromatic heterocycles. The van der Waals surface area contributed by atoms with Crippen LogP contribution >= 0.6 is 15.9 Å². The molecule has 23 heavy (non-hydrogen) atoms. The lowest BCUT2D eigenvalue weighted by atomic mass is 10.2. The lowest BCUT2D eigenvalue weighted by Crippen LogP contribution is -2.44. The fraction of sp³-hybridized carbons (Fsp3) is 0.357. The van der Waals surface area contributed by atoms with Gasteiger partial charge < -0.3 is 20.6 Å². The third-order valence-electron chi connectivity index (χ3n) is 3.48. The summed E-state index contributed by atoms with van der Waals surface area (Å²) in [6.45, 7) is 1.29. The Hall–Kier alpha value is -2.16. The van der Waals surface area contributed by atoms with Crippen LogP contribution in [0.2, 0.25) is 0 Å². The van der Waals surface area contributed by atoms with Gasteiger partial charge in [0.15, 0.2) is 0 Å². The molecule has 1 aromatic carbocycles. The smallest absolute Gasteiger partial charge is 0.323 e. The number of nitrogens with zero attached hydrogens (tertiary/aromatic N) is 1. The van der Waals surface area contributed by atoms with Crippen molar-refractivity contribution in [3.8, 4) is 0 Å². The zero-order chi connectivity index (χ0) is 17.1. The summed E-state index contributed by atoms with van der Waals surface area (Å²) in [5.74, 6) is -2.20. The first-order valence-electron chi connectivity index (χ1n) is 6.82. The molecule has 1 aromatic rings. The molecule has 2 rings (SSSR count). The number of carbonyl (C=O) groups excluding carboxylic acids is 2. The van der Waals surface area contributed by atoms with Crippen molar-refractivity contribution in [3.63, 3.8) is 0 Å². The fourth-order valence-electron chi connectivity index (χ4n) is 2.39. The Morgan fingerprint density at radius 1 is 1.48 bits per heavy atom. The van der Waals surface area contributed by atoms with E-state index in [1.54, 1.807) is 13.0 Å². The van der Waals surface area contributed by atoms with Crippen molar-refractivity contribution in [1.29, 1.82) is 0 Å². The number of hydrogen-bond acceptors (Lipinski definition) is 3. The van der Waals surface area contributed by atoms with E-state index in [0.29, 0.717) is 10.9 Å². The molecule has 0 aliphatic carbocycles. The number of carboxylic acids is 1. The van der Waals surface area contributed by atoms with E-state index >= 15 is 0 Å². The maximum Gasteiger partial charge on any atom is 0.323 e. The summed E-state index contributed by atoms with van der Waals surface area (Å²) in [6, 6.07) is 2.29. The van der Waals surface area contributed by atoms with Gasteiger partial charge >= 0.3 is 12.0 Å². The first kappa shape index (κ1) is 17.2. The number of amides is 3. The predicted octanol–water partition coefficient (Wildman–Crippen LogP) is 1.78. The van der Waals surface area contributed by atoms with Gasteiger partial charge in [-0.25, -0.2) is 9.18 Å². The molecule has 3 N–H and O–H groups in total. The van der Waals surface area contributed by atoms with Crippen LogP contribution in [0.4, 0.5) is 14.9 Å². The third kappa shape index (κ3) is 4.19. The zero-order valence-electron chi connectivity index (χ0n) is 12.2. The fourth-order valence-corrected chi connectivity index (χ4v) is 2.73. The summed E-state index contributed by atoms with van der Waals surface area (Å²) < 4.78 is 14.2. The van der Waals surface area contributed by atoms with Crippen molar-refractivity contribution in [2.75, 3.05) is 11.9 Å². The van der Waals surface area contributed by atoms with Gasteiger partial charge in [-0.1, -0.05) is 15.9 Å². The molecule has 3 amide bonds. The first-order valence-corrected chi connectivity index (χ1v) is 7.62. The minimum atomic E-state index is -1.12. The van der Waals surface area contributed by atoms with Crippen LogP contribution in [0.15, 0.2) is 22.7 Å². The number of halogens is 2. The van der Waals surface area contributed by atoms with Crippen LogP contribution in [0.1, 0.15) is 13.3 Å². The summed E-state index contributed by atoms with van der Waals surface area (Å²) in [6.07, 6.45) is 0.294. The molecular formula is C14H15BrFN3O4. The highest BCUT2D eigenvalue weighted by molar-refractivity contribution is 9.10. The number of likely N-dealkylation sites (tertiary alicyclic amines) is 1. The Balaban J connectivity index is 1.98. The monoisotopic (exact) mass is 387 g/mol. The maximum absolute atomic E-state index is 13.7. The second-order valence-electron chi connectivity index (χ2n) is 5.22. The number of rotatable bonds is 4. The summed E-state index contributed by atoms with van der Waals surface area (Å²) in [5.41, 5.74) is -0.0217. The summed E-state index contributed by atoms with van der Waals surface area (Å²) in [7, 11) is 0. The second kappa shape index (κ2) is 6.95. The van der Waals surface area contributed by atoms with Crippen LogP contribution in [0, 0.1) is 5.82 Å². The van der Waals surface area contributed by atoms with E-state index < -0.39 is 36.3 Å². The Morgan fingerprint density at radius 2 is 2.17 bits per heavy atom. The van der Waals surface area contributed by atoms with Gasteiger partial charge in [-0.15, -0.1) is 0 Å². The molecule has 124 valence electrons. The zero-order valence-corrected chi connectivity index (χ0v) is 13.8. The predicted molar refractivity (Wildman–Crippen MR) is 83.5 cm³/mol. The van der Waals surface area contributed by atoms with Crippen molar-refractivity contribution in [3.05, 3.63) is 28.5 Å². The number of urea groups is 1. The largest absolute Gasteiger partial charge is 0.480 e. The van der Waals surface area contributed by atoms with Crippen LogP contribution in [0.5, 0.6) is 0 Å². The van der Waals surface area contributed by atoms with E-state index in [1.807, 2.05) is 0 Å². The molecular weight excluding hydrogens is 373 g/mol. The molecule has 2 atom stereocenters. The van der Waals surface area contributed by atoms with Crippen molar-refractivity contribution in [1.82, 2.24) is 10.2 Å². The summed E-state index contributed by atoms with van der Waals surface area (Å²) >= 11 is 3.11. The lowest BCUT2D eigenvalue weighted by molar-refractivity contribution is -0.144. The highest BCUT2D eigenvalue weighted by Gasteiger charge is 2.38. The number of carboxylic acid groups (broad SMARTS) is 1. The highest BCUT2D eigenvalue weighted by atomic mass is 79.9. The van der Waals surface area contributed by atoms with E-state index in [4.69, 9.17) is 5.11 Å². The number of anilines is 1. The Labute approximate surface area is 140 Å². The molecule has 1 unspecified atom stereocenters. The van der Waals surface area contributed by atoms with Crippen LogP contribution < -0.4 is 10.6 Å². The van der Waals surface area contributed by atoms with E-state index in [0.717, 1.165) is 0 Å². The van der Waals surface area contributed by atoms with E-state index in [-0.39, 0.29) is 11.7 Å². The molecule has 0 saturated carbocycles. The molecule has 9 heteroatoms. The quantitative estimate of drug-likeness (QED) is 0.733. The van der Waals surface area contributed by atoms with Crippen molar-refractivity contribution < 1.29 is 23.9 Å². The second-order valence-corrected chi connectivity index (χ2v) is 6.14. The molecule has 1 heterocycles. The van der Waals surface area contributed by atoms with Gasteiger partial charge in [0.1, 0.15) is 18.4 Å². The maximum atomic E-state index is 13.7. The van der Waals surface area contributed by atoms with Gasteiger partial charge in [0.05, 0.1) is 5.69 Å². The van der Waals surface area contributed by atoms with Crippen LogP contribution in [0.3, 0.4) is 0 Å². The highest BCUT2D eigenvalue weighted by Crippen LogP contribution is 2.21. The Kier molecular flexibility index (Phi) is 5.19. The molecule has 1 saturated heterocycles. The number of nitrogens with one attached hydrogen (secondary N) is 2. The molecule has 1 fully saturated rings. The average Bonchev–Trinajstić information content (AvgIpc) is 2.69. The van der Waals surface area contributed by atoms with Gasteiger partial charge in [-0.05, 0) is 31.5 Å². The summed E-state index contributed by atoms with van der Waals surface area (Å²) in [5, 5.41) is 13.5. The van der Waals surface area contributed by atoms with Crippen molar-refractivity contribution >= 4 is 39.5 Å². The molecule has 0 spiro atoms. The molecule has 1 aliphatic heterocycles. The van der Waals surface area contributed by atoms with Crippen molar-refractivity contribution in [2.24, 2.45) is 0 Å². The summed E-state index contributed by atoms with van der Waals surface area (Å²) in [4.78, 5) is 35.9. The number of aliphatic carboxylic acids is 1. The van der Waals surface area contributed by atoms with Crippen molar-refractivity contribution in [2.45, 2.75) is 25.4 Å². The minimum absolute atomic E-state index is 0.0217. The Morgan fingerprint density at radius 3 is 2.78 bits per heavy atom. The number of benzene rings is 1. The third-order valence-corrected chi connectivity index (χ3v) is 3.97. The van der Waals surface area contributed by atoms with E-state index in [2.05, 4.69) is 26.6 Å². The minimum Gasteiger partial charge on any atom is -0.480 e. The van der Waals surface area contributed by atoms with Crippen LogP contribution in [0.25, 0.3) is 0 Å². The van der Waals surface area contributed by atoms with Gasteiger partial charge in [-0.2, -0.15) is 0 Å². The van der Waals surface area contributed by atoms with Gasteiger partial charge in [-0.3, -0.25) is 9.59 Å². The lowest BCUT2D eigenvalue weighted by Gasteiger charge is -2.18. The van der Waals surface area contributed by atoms with Crippen LogP contribution in [-0.2, 0) is 9.59 Å². The van der Waals surface area contributed by atoms with Gasteiger partial charge in [0, 0.05) is 10.5 Å². The number of hydrogen-bond donors (Lipinski definition) is 3. The molecule has 0 radical (unpaired) electrons. The molecule has 7 nitrogen and oxygen atoms in total. The topological polar surface area (TPSA) is 98.7 Å². The molecule has 0 bridgehead atoms. The van der Waals surface area contributed by atoms with Gasteiger partial charge in [0.25, 0.3) is 0 Å². The normalized spacial score (nSPS) is 20.5. The standard InChI is InChI=1S/C14H15BrFN3O4/c1-7-4-11(13(22)19(7)6-12(20)21)18-14(23)17-10-3-2-8(15)5-9(10)16/h2-3,5,7,11H,4,6H2,1H3,(H,20,21)(H2,17,18,23)/t7?,11-/m0/s1. The van der Waals surface area contributed by atoms with E-state index in [1.165, 1.54) is 17.0 Å². The SMILES string of the molecule is CC1C[C@H](NC(=O)Nc2ccc(Br)cc2F)C(=O)N1CC(=O)O. The van der Waals surface area contributed by atoms with E-state index in [9.17, 15) is 18.8 Å². The number of carbonyl (C=O) groups is 3. The van der Waals surface area contributed by atoms with Crippen LogP contribution in [-0.4, -0.2) is 46.5 Å². The Bertz CT molecular complexity index is 655. The molecule has 1 aliphatic rings. The van der Waals surface area contributed by atoms with Gasteiger partial charge in [0.2, 0.25) is 5.91 Å². The first-order chi connectivity index (χ1) is 10.8. The average molecular weight is 388 g/mol.